The van der Waals surface area contributed by atoms with E-state index >= 15 is 0 Å². The first-order chi connectivity index (χ1) is 13.1. The monoisotopic (exact) mass is 388 g/mol. The molecule has 0 radical (unpaired) electrons. The van der Waals surface area contributed by atoms with Crippen molar-refractivity contribution in [3.8, 4) is 11.5 Å². The molecule has 0 fully saturated rings. The molecular formula is C19H17ClN2O5. The summed E-state index contributed by atoms with van der Waals surface area (Å²) in [6.07, 6.45) is 0.931. The molecular weight excluding hydrogens is 372 g/mol. The van der Waals surface area contributed by atoms with Gasteiger partial charge >= 0.3 is 5.76 Å². The first-order valence-corrected chi connectivity index (χ1v) is 8.96. The average Bonchev–Trinajstić information content (AvgIpc) is 2.80. The quantitative estimate of drug-likeness (QED) is 0.740. The van der Waals surface area contributed by atoms with Crippen molar-refractivity contribution in [2.75, 3.05) is 18.5 Å². The lowest BCUT2D eigenvalue weighted by molar-refractivity contribution is -0.116. The maximum atomic E-state index is 12.3. The van der Waals surface area contributed by atoms with Gasteiger partial charge in [-0.05, 0) is 24.3 Å². The molecule has 0 spiro atoms. The Hall–Kier alpha value is -2.93. The van der Waals surface area contributed by atoms with Gasteiger partial charge in [-0.15, -0.1) is 0 Å². The molecule has 1 aliphatic rings. The topological polar surface area (TPSA) is 82.7 Å². The molecule has 0 saturated heterocycles. The molecule has 1 aromatic heterocycles. The fourth-order valence-electron chi connectivity index (χ4n) is 2.93. The lowest BCUT2D eigenvalue weighted by Gasteiger charge is -2.10. The summed E-state index contributed by atoms with van der Waals surface area (Å²) < 4.78 is 17.8. The Morgan fingerprint density at radius 2 is 1.93 bits per heavy atom. The van der Waals surface area contributed by atoms with Crippen LogP contribution in [0.1, 0.15) is 12.8 Å². The molecule has 2 heterocycles. The van der Waals surface area contributed by atoms with E-state index in [2.05, 4.69) is 5.32 Å². The minimum Gasteiger partial charge on any atom is -0.490 e. The van der Waals surface area contributed by atoms with Crippen molar-refractivity contribution in [3.63, 3.8) is 0 Å². The molecule has 8 heteroatoms. The van der Waals surface area contributed by atoms with Gasteiger partial charge in [0.2, 0.25) is 5.91 Å². The Labute approximate surface area is 159 Å². The highest BCUT2D eigenvalue weighted by atomic mass is 35.5. The third kappa shape index (κ3) is 3.78. The number of anilines is 1. The number of fused-ring (bicyclic) bond motifs is 2. The summed E-state index contributed by atoms with van der Waals surface area (Å²) in [5.41, 5.74) is 1.61. The second-order valence-corrected chi connectivity index (χ2v) is 6.58. The molecule has 0 atom stereocenters. The number of nitrogens with one attached hydrogen (secondary N) is 1. The van der Waals surface area contributed by atoms with Crippen LogP contribution in [0.2, 0.25) is 5.02 Å². The smallest absolute Gasteiger partial charge is 0.419 e. The van der Waals surface area contributed by atoms with E-state index in [1.165, 1.54) is 4.57 Å². The molecule has 1 aliphatic heterocycles. The first kappa shape index (κ1) is 17.5. The fourth-order valence-corrected chi connectivity index (χ4v) is 3.09. The molecule has 1 amide bonds. The highest BCUT2D eigenvalue weighted by Crippen LogP contribution is 2.32. The zero-order chi connectivity index (χ0) is 18.8. The number of aryl methyl sites for hydroxylation is 1. The van der Waals surface area contributed by atoms with Crippen LogP contribution in [-0.4, -0.2) is 23.7 Å². The highest BCUT2D eigenvalue weighted by molar-refractivity contribution is 6.31. The minimum absolute atomic E-state index is 0.117. The van der Waals surface area contributed by atoms with Gasteiger partial charge in [0.25, 0.3) is 0 Å². The summed E-state index contributed by atoms with van der Waals surface area (Å²) in [6.45, 7) is 1.38. The van der Waals surface area contributed by atoms with E-state index in [4.69, 9.17) is 25.5 Å². The zero-order valence-corrected chi connectivity index (χ0v) is 15.1. The summed E-state index contributed by atoms with van der Waals surface area (Å²) in [5, 5.41) is 3.29. The van der Waals surface area contributed by atoms with Crippen molar-refractivity contribution in [3.05, 3.63) is 52.0 Å². The van der Waals surface area contributed by atoms with Gasteiger partial charge in [-0.2, -0.15) is 0 Å². The molecule has 0 bridgehead atoms. The van der Waals surface area contributed by atoms with Crippen LogP contribution in [0.4, 0.5) is 5.69 Å². The van der Waals surface area contributed by atoms with Gasteiger partial charge in [0.1, 0.15) is 0 Å². The van der Waals surface area contributed by atoms with Crippen molar-refractivity contribution in [1.29, 1.82) is 0 Å². The maximum Gasteiger partial charge on any atom is 0.419 e. The lowest BCUT2D eigenvalue weighted by Crippen LogP contribution is -2.19. The average molecular weight is 389 g/mol. The zero-order valence-electron chi connectivity index (χ0n) is 14.4. The summed E-state index contributed by atoms with van der Waals surface area (Å²) >= 11 is 5.90. The van der Waals surface area contributed by atoms with Crippen LogP contribution < -0.4 is 20.5 Å². The van der Waals surface area contributed by atoms with E-state index in [9.17, 15) is 9.59 Å². The lowest BCUT2D eigenvalue weighted by atomic mass is 10.2. The molecule has 0 aliphatic carbocycles. The van der Waals surface area contributed by atoms with Gasteiger partial charge < -0.3 is 19.2 Å². The number of halogens is 1. The van der Waals surface area contributed by atoms with Crippen molar-refractivity contribution >= 4 is 34.3 Å². The molecule has 0 unspecified atom stereocenters. The second-order valence-electron chi connectivity index (χ2n) is 6.14. The highest BCUT2D eigenvalue weighted by Gasteiger charge is 2.14. The number of carbonyl (C=O) groups excluding carboxylic acids is 1. The SMILES string of the molecule is O=C(CCn1c(=O)oc2cc(Cl)ccc21)Nc1ccc2c(c1)OCCCO2. The molecule has 2 aromatic carbocycles. The number of oxazole rings is 1. The Bertz CT molecular complexity index is 1060. The largest absolute Gasteiger partial charge is 0.490 e. The van der Waals surface area contributed by atoms with E-state index in [0.717, 1.165) is 6.42 Å². The van der Waals surface area contributed by atoms with Crippen LogP contribution in [0.5, 0.6) is 11.5 Å². The van der Waals surface area contributed by atoms with Gasteiger partial charge in [0.15, 0.2) is 17.1 Å². The van der Waals surface area contributed by atoms with Crippen LogP contribution in [0.25, 0.3) is 11.1 Å². The first-order valence-electron chi connectivity index (χ1n) is 8.58. The Kier molecular flexibility index (Phi) is 4.77. The van der Waals surface area contributed by atoms with E-state index < -0.39 is 5.76 Å². The predicted octanol–water partition coefficient (Wildman–Crippen LogP) is 3.44. The van der Waals surface area contributed by atoms with Crippen LogP contribution in [0, 0.1) is 0 Å². The summed E-state index contributed by atoms with van der Waals surface area (Å²) in [6, 6.07) is 10.2. The van der Waals surface area contributed by atoms with Crippen molar-refractivity contribution in [2.45, 2.75) is 19.4 Å². The van der Waals surface area contributed by atoms with E-state index in [0.29, 0.717) is 46.5 Å². The molecule has 0 saturated carbocycles. The van der Waals surface area contributed by atoms with Gasteiger partial charge in [0.05, 0.1) is 18.7 Å². The summed E-state index contributed by atoms with van der Waals surface area (Å²) in [7, 11) is 0. The van der Waals surface area contributed by atoms with E-state index in [-0.39, 0.29) is 18.9 Å². The Morgan fingerprint density at radius 3 is 2.78 bits per heavy atom. The number of rotatable bonds is 4. The Balaban J connectivity index is 1.44. The predicted molar refractivity (Wildman–Crippen MR) is 101 cm³/mol. The van der Waals surface area contributed by atoms with Gasteiger partial charge in [0, 0.05) is 42.2 Å². The summed E-state index contributed by atoms with van der Waals surface area (Å²) in [4.78, 5) is 24.3. The molecule has 1 N–H and O–H groups in total. The number of hydrogen-bond donors (Lipinski definition) is 1. The number of amides is 1. The maximum absolute atomic E-state index is 12.3. The van der Waals surface area contributed by atoms with Crippen LogP contribution in [-0.2, 0) is 11.3 Å². The molecule has 7 nitrogen and oxygen atoms in total. The molecule has 140 valence electrons. The van der Waals surface area contributed by atoms with Gasteiger partial charge in [-0.25, -0.2) is 4.79 Å². The normalized spacial score (nSPS) is 13.4. The fraction of sp³-hybridized carbons (Fsp3) is 0.263. The third-order valence-corrected chi connectivity index (χ3v) is 4.46. The van der Waals surface area contributed by atoms with E-state index in [1.807, 2.05) is 0 Å². The number of carbonyl (C=O) groups is 1. The number of nitrogens with zero attached hydrogens (tertiary/aromatic N) is 1. The second kappa shape index (κ2) is 7.36. The van der Waals surface area contributed by atoms with Crippen LogP contribution in [0.15, 0.2) is 45.6 Å². The minimum atomic E-state index is -0.518. The summed E-state index contributed by atoms with van der Waals surface area (Å²) in [5.74, 6) is 0.537. The van der Waals surface area contributed by atoms with Crippen molar-refractivity contribution < 1.29 is 18.7 Å². The van der Waals surface area contributed by atoms with Gasteiger partial charge in [-0.1, -0.05) is 11.6 Å². The van der Waals surface area contributed by atoms with E-state index in [1.54, 1.807) is 36.4 Å². The van der Waals surface area contributed by atoms with Crippen LogP contribution >= 0.6 is 11.6 Å². The van der Waals surface area contributed by atoms with Crippen LogP contribution in [0.3, 0.4) is 0 Å². The number of ether oxygens (including phenoxy) is 2. The number of benzene rings is 2. The van der Waals surface area contributed by atoms with Gasteiger partial charge in [-0.3, -0.25) is 9.36 Å². The number of aromatic nitrogens is 1. The molecule has 3 aromatic rings. The number of hydrogen-bond acceptors (Lipinski definition) is 5. The third-order valence-electron chi connectivity index (χ3n) is 4.22. The molecule has 27 heavy (non-hydrogen) atoms. The Morgan fingerprint density at radius 1 is 1.11 bits per heavy atom. The standard InChI is InChI=1S/C19H17ClN2O5/c20-12-2-4-14-16(10-12)27-19(24)22(14)7-6-18(23)21-13-3-5-15-17(11-13)26-9-1-8-25-15/h2-5,10-11H,1,6-9H2,(H,21,23). The van der Waals surface area contributed by atoms with Crippen molar-refractivity contribution in [2.24, 2.45) is 0 Å². The van der Waals surface area contributed by atoms with Crippen molar-refractivity contribution in [1.82, 2.24) is 4.57 Å². The molecule has 4 rings (SSSR count).